The lowest BCUT2D eigenvalue weighted by molar-refractivity contribution is -0.122. The summed E-state index contributed by atoms with van der Waals surface area (Å²) in [5, 5.41) is 16.5. The SMILES string of the molecule is NC(=O)[C@H]1CC[C@@H](n2c(Nc3cccc(Cl)c3F)nc3cnc(NC4CCC[C@H]4O)nc32)CC1. The van der Waals surface area contributed by atoms with Crippen molar-refractivity contribution in [2.24, 2.45) is 11.7 Å². The van der Waals surface area contributed by atoms with Crippen molar-refractivity contribution in [3.05, 3.63) is 35.2 Å². The van der Waals surface area contributed by atoms with E-state index in [1.54, 1.807) is 18.3 Å². The van der Waals surface area contributed by atoms with Crippen molar-refractivity contribution in [3.8, 4) is 0 Å². The van der Waals surface area contributed by atoms with Crippen LogP contribution >= 0.6 is 11.6 Å². The maximum atomic E-state index is 14.6. The van der Waals surface area contributed by atoms with Gasteiger partial charge in [-0.05, 0) is 57.1 Å². The van der Waals surface area contributed by atoms with E-state index in [1.807, 2.05) is 4.57 Å². The number of carbonyl (C=O) groups excluding carboxylic acids is 1. The van der Waals surface area contributed by atoms with Gasteiger partial charge in [0.05, 0.1) is 29.1 Å². The molecule has 2 heterocycles. The van der Waals surface area contributed by atoms with Crippen LogP contribution in [0.3, 0.4) is 0 Å². The van der Waals surface area contributed by atoms with Crippen molar-refractivity contribution < 1.29 is 14.3 Å². The maximum absolute atomic E-state index is 14.6. The molecule has 0 saturated heterocycles. The van der Waals surface area contributed by atoms with Gasteiger partial charge in [-0.25, -0.2) is 14.4 Å². The number of nitrogens with zero attached hydrogens (tertiary/aromatic N) is 4. The number of fused-ring (bicyclic) bond motifs is 1. The number of hydrogen-bond donors (Lipinski definition) is 4. The second-order valence-corrected chi connectivity index (χ2v) is 9.50. The molecule has 3 aromatic rings. The second-order valence-electron chi connectivity index (χ2n) is 9.09. The fourth-order valence-electron chi connectivity index (χ4n) is 5.01. The number of rotatable bonds is 6. The molecule has 9 nitrogen and oxygen atoms in total. The first-order valence-electron chi connectivity index (χ1n) is 11.6. The monoisotopic (exact) mass is 487 g/mol. The highest BCUT2D eigenvalue weighted by Crippen LogP contribution is 2.37. The molecule has 1 unspecified atom stereocenters. The number of primary amides is 1. The lowest BCUT2D eigenvalue weighted by Crippen LogP contribution is -2.29. The van der Waals surface area contributed by atoms with E-state index in [0.29, 0.717) is 48.7 Å². The number of aliphatic hydroxyl groups is 1. The summed E-state index contributed by atoms with van der Waals surface area (Å²) in [5.41, 5.74) is 6.87. The highest BCUT2D eigenvalue weighted by Gasteiger charge is 2.30. The zero-order valence-corrected chi connectivity index (χ0v) is 19.3. The van der Waals surface area contributed by atoms with Crippen molar-refractivity contribution in [2.75, 3.05) is 10.6 Å². The normalized spacial score (nSPS) is 24.9. The number of anilines is 3. The minimum absolute atomic E-state index is 0.00911. The molecular formula is C23H27ClFN7O2. The number of carbonyl (C=O) groups is 1. The molecule has 2 aliphatic carbocycles. The zero-order valence-electron chi connectivity index (χ0n) is 18.5. The number of benzene rings is 1. The molecule has 34 heavy (non-hydrogen) atoms. The molecule has 0 bridgehead atoms. The number of amides is 1. The molecule has 11 heteroatoms. The Morgan fingerprint density at radius 1 is 1.18 bits per heavy atom. The highest BCUT2D eigenvalue weighted by molar-refractivity contribution is 6.31. The van der Waals surface area contributed by atoms with Gasteiger partial charge in [0.25, 0.3) is 0 Å². The number of aromatic nitrogens is 4. The van der Waals surface area contributed by atoms with E-state index >= 15 is 0 Å². The number of halogens is 2. The lowest BCUT2D eigenvalue weighted by atomic mass is 9.85. The summed E-state index contributed by atoms with van der Waals surface area (Å²) < 4.78 is 16.6. The fraction of sp³-hybridized carbons (Fsp3) is 0.478. The van der Waals surface area contributed by atoms with Crippen LogP contribution in [0, 0.1) is 11.7 Å². The third-order valence-electron chi connectivity index (χ3n) is 6.89. The Bertz CT molecular complexity index is 1210. The van der Waals surface area contributed by atoms with Crippen LogP contribution in [0.2, 0.25) is 5.02 Å². The molecule has 5 rings (SSSR count). The molecule has 1 amide bonds. The van der Waals surface area contributed by atoms with Crippen LogP contribution in [0.1, 0.15) is 51.0 Å². The van der Waals surface area contributed by atoms with E-state index in [1.165, 1.54) is 6.07 Å². The first-order valence-corrected chi connectivity index (χ1v) is 12.0. The van der Waals surface area contributed by atoms with Crippen molar-refractivity contribution in [2.45, 2.75) is 63.1 Å². The smallest absolute Gasteiger partial charge is 0.225 e. The second kappa shape index (κ2) is 9.34. The van der Waals surface area contributed by atoms with E-state index < -0.39 is 11.9 Å². The van der Waals surface area contributed by atoms with Crippen LogP contribution in [0.4, 0.5) is 22.0 Å². The molecule has 2 atom stereocenters. The first-order chi connectivity index (χ1) is 16.4. The summed E-state index contributed by atoms with van der Waals surface area (Å²) in [7, 11) is 0. The summed E-state index contributed by atoms with van der Waals surface area (Å²) in [4.78, 5) is 25.4. The van der Waals surface area contributed by atoms with Crippen LogP contribution in [-0.4, -0.2) is 42.7 Å². The standard InChI is InChI=1S/C23H27ClFN7O2/c24-14-3-1-5-16(19(14)25)29-23-30-17-11-27-22(28-15-4-2-6-18(15)33)31-21(17)32(23)13-9-7-12(8-10-13)20(26)34/h1,3,5,11-13,15,18,33H,2,4,6-10H2,(H2,26,34)(H,29,30)(H,27,28,31)/t12-,13+,15?,18-/m1/s1. The minimum Gasteiger partial charge on any atom is -0.391 e. The summed E-state index contributed by atoms with van der Waals surface area (Å²) in [6.45, 7) is 0. The topological polar surface area (TPSA) is 131 Å². The van der Waals surface area contributed by atoms with Crippen molar-refractivity contribution in [1.82, 2.24) is 19.5 Å². The molecule has 0 radical (unpaired) electrons. The number of imidazole rings is 1. The molecule has 2 aromatic heterocycles. The van der Waals surface area contributed by atoms with Crippen molar-refractivity contribution in [1.29, 1.82) is 0 Å². The Balaban J connectivity index is 1.52. The highest BCUT2D eigenvalue weighted by atomic mass is 35.5. The Labute approximate surface area is 200 Å². The van der Waals surface area contributed by atoms with Gasteiger partial charge >= 0.3 is 0 Å². The maximum Gasteiger partial charge on any atom is 0.225 e. The molecule has 1 aromatic carbocycles. The zero-order chi connectivity index (χ0) is 23.8. The van der Waals surface area contributed by atoms with Crippen LogP contribution in [-0.2, 0) is 4.79 Å². The Morgan fingerprint density at radius 2 is 1.97 bits per heavy atom. The molecular weight excluding hydrogens is 461 g/mol. The van der Waals surface area contributed by atoms with Gasteiger partial charge in [-0.1, -0.05) is 17.7 Å². The average molecular weight is 488 g/mol. The number of nitrogens with two attached hydrogens (primary N) is 1. The van der Waals surface area contributed by atoms with Gasteiger partial charge in [-0.3, -0.25) is 9.36 Å². The third-order valence-corrected chi connectivity index (χ3v) is 7.18. The van der Waals surface area contributed by atoms with Crippen LogP contribution in [0.15, 0.2) is 24.4 Å². The largest absolute Gasteiger partial charge is 0.391 e. The summed E-state index contributed by atoms with van der Waals surface area (Å²) in [6, 6.07) is 4.63. The molecule has 2 saturated carbocycles. The number of aliphatic hydroxyl groups excluding tert-OH is 1. The van der Waals surface area contributed by atoms with E-state index in [2.05, 4.69) is 20.6 Å². The van der Waals surface area contributed by atoms with Gasteiger partial charge in [0.1, 0.15) is 5.52 Å². The molecule has 0 spiro atoms. The quantitative estimate of drug-likeness (QED) is 0.414. The van der Waals surface area contributed by atoms with E-state index in [4.69, 9.17) is 22.3 Å². The molecule has 2 aliphatic rings. The van der Waals surface area contributed by atoms with Gasteiger partial charge in [0.15, 0.2) is 11.5 Å². The summed E-state index contributed by atoms with van der Waals surface area (Å²) in [6.07, 6.45) is 6.47. The molecule has 0 aliphatic heterocycles. The predicted octanol–water partition coefficient (Wildman–Crippen LogP) is 3.90. The van der Waals surface area contributed by atoms with Crippen molar-refractivity contribution in [3.63, 3.8) is 0 Å². The molecule has 2 fully saturated rings. The molecule has 5 N–H and O–H groups in total. The lowest BCUT2D eigenvalue weighted by Gasteiger charge is -2.29. The van der Waals surface area contributed by atoms with Crippen LogP contribution < -0.4 is 16.4 Å². The average Bonchev–Trinajstić information content (AvgIpc) is 3.39. The van der Waals surface area contributed by atoms with E-state index in [9.17, 15) is 14.3 Å². The first kappa shape index (κ1) is 22.8. The van der Waals surface area contributed by atoms with Crippen molar-refractivity contribution >= 4 is 46.3 Å². The van der Waals surface area contributed by atoms with E-state index in [-0.39, 0.29) is 34.6 Å². The fourth-order valence-corrected chi connectivity index (χ4v) is 5.18. The van der Waals surface area contributed by atoms with Gasteiger partial charge < -0.3 is 21.5 Å². The van der Waals surface area contributed by atoms with Crippen LogP contribution in [0.5, 0.6) is 0 Å². The minimum atomic E-state index is -0.566. The van der Waals surface area contributed by atoms with Gasteiger partial charge in [-0.2, -0.15) is 4.98 Å². The Kier molecular flexibility index (Phi) is 6.26. The summed E-state index contributed by atoms with van der Waals surface area (Å²) >= 11 is 5.97. The predicted molar refractivity (Wildman–Crippen MR) is 127 cm³/mol. The van der Waals surface area contributed by atoms with Gasteiger partial charge in [0, 0.05) is 12.0 Å². The Morgan fingerprint density at radius 3 is 2.68 bits per heavy atom. The van der Waals surface area contributed by atoms with Gasteiger partial charge in [-0.15, -0.1) is 0 Å². The Hall–Kier alpha value is -2.98. The molecule has 180 valence electrons. The van der Waals surface area contributed by atoms with E-state index in [0.717, 1.165) is 19.3 Å². The summed E-state index contributed by atoms with van der Waals surface area (Å²) in [5.74, 6) is -0.165. The van der Waals surface area contributed by atoms with Gasteiger partial charge in [0.2, 0.25) is 17.8 Å². The third kappa shape index (κ3) is 4.39. The number of nitrogens with one attached hydrogen (secondary N) is 2. The van der Waals surface area contributed by atoms with Crippen LogP contribution in [0.25, 0.3) is 11.2 Å². The number of hydrogen-bond acceptors (Lipinski definition) is 7.